The number of hydrogen-bond donors (Lipinski definition) is 2. The monoisotopic (exact) mass is 399 g/mol. The van der Waals surface area contributed by atoms with Crippen molar-refractivity contribution in [1.82, 2.24) is 0 Å². The zero-order valence-electron chi connectivity index (χ0n) is 13.6. The molecule has 0 unspecified atom stereocenters. The number of benzene rings is 2. The standard InChI is InChI=1S/C18H13ClF3NO4/c19-13-7-12(3-4-14(13)26-9-18(20,21)22)23-8-10-1-2-11-6-16(17(24)25)27-15(11)5-10/h1-7,23H,8-9H2,(H,24,25). The van der Waals surface area contributed by atoms with Gasteiger partial charge in [-0.15, -0.1) is 0 Å². The van der Waals surface area contributed by atoms with Gasteiger partial charge in [-0.3, -0.25) is 0 Å². The molecule has 0 aliphatic heterocycles. The summed E-state index contributed by atoms with van der Waals surface area (Å²) in [4.78, 5) is 10.9. The van der Waals surface area contributed by atoms with Crippen LogP contribution in [-0.2, 0) is 6.54 Å². The smallest absolute Gasteiger partial charge is 0.422 e. The molecule has 0 radical (unpaired) electrons. The highest BCUT2D eigenvalue weighted by atomic mass is 35.5. The third-order valence-electron chi connectivity index (χ3n) is 3.62. The van der Waals surface area contributed by atoms with Gasteiger partial charge in [0, 0.05) is 17.6 Å². The third kappa shape index (κ3) is 4.85. The maximum Gasteiger partial charge on any atom is 0.422 e. The van der Waals surface area contributed by atoms with Crippen molar-refractivity contribution in [3.8, 4) is 5.75 Å². The zero-order chi connectivity index (χ0) is 19.6. The lowest BCUT2D eigenvalue weighted by molar-refractivity contribution is -0.153. The number of rotatable bonds is 6. The highest BCUT2D eigenvalue weighted by molar-refractivity contribution is 6.32. The number of halogens is 4. The van der Waals surface area contributed by atoms with Crippen LogP contribution in [0.5, 0.6) is 5.75 Å². The van der Waals surface area contributed by atoms with Gasteiger partial charge in [0.05, 0.1) is 5.02 Å². The van der Waals surface area contributed by atoms with Gasteiger partial charge in [0.15, 0.2) is 6.61 Å². The molecule has 2 N–H and O–H groups in total. The summed E-state index contributed by atoms with van der Waals surface area (Å²) in [5.74, 6) is -1.34. The molecule has 0 aliphatic carbocycles. The summed E-state index contributed by atoms with van der Waals surface area (Å²) in [6.07, 6.45) is -4.44. The highest BCUT2D eigenvalue weighted by Gasteiger charge is 2.28. The van der Waals surface area contributed by atoms with Gasteiger partial charge in [-0.2, -0.15) is 13.2 Å². The molecule has 142 valence electrons. The fourth-order valence-corrected chi connectivity index (χ4v) is 2.62. The summed E-state index contributed by atoms with van der Waals surface area (Å²) in [5.41, 5.74) is 1.85. The minimum atomic E-state index is -4.44. The number of aromatic carboxylic acids is 1. The summed E-state index contributed by atoms with van der Waals surface area (Å²) in [6.45, 7) is -1.04. The summed E-state index contributed by atoms with van der Waals surface area (Å²) in [6, 6.07) is 11.0. The van der Waals surface area contributed by atoms with Gasteiger partial charge in [-0.25, -0.2) is 4.79 Å². The molecular formula is C18H13ClF3NO4. The van der Waals surface area contributed by atoms with Crippen molar-refractivity contribution < 1.29 is 32.2 Å². The molecule has 0 aliphatic rings. The van der Waals surface area contributed by atoms with Crippen LogP contribution in [0.4, 0.5) is 18.9 Å². The lowest BCUT2D eigenvalue weighted by atomic mass is 10.1. The predicted molar refractivity (Wildman–Crippen MR) is 93.5 cm³/mol. The topological polar surface area (TPSA) is 71.7 Å². The normalized spacial score (nSPS) is 11.6. The van der Waals surface area contributed by atoms with Crippen LogP contribution in [0.15, 0.2) is 46.9 Å². The van der Waals surface area contributed by atoms with E-state index in [1.807, 2.05) is 0 Å². The largest absolute Gasteiger partial charge is 0.483 e. The Morgan fingerprint density at radius 3 is 2.63 bits per heavy atom. The number of hydrogen-bond acceptors (Lipinski definition) is 4. The van der Waals surface area contributed by atoms with E-state index in [-0.39, 0.29) is 16.5 Å². The van der Waals surface area contributed by atoms with Gasteiger partial charge in [-0.05, 0) is 35.9 Å². The maximum atomic E-state index is 12.2. The van der Waals surface area contributed by atoms with Crippen LogP contribution in [0, 0.1) is 0 Å². The zero-order valence-corrected chi connectivity index (χ0v) is 14.4. The Labute approximate surface area is 156 Å². The lowest BCUT2D eigenvalue weighted by Crippen LogP contribution is -2.19. The molecule has 0 spiro atoms. The van der Waals surface area contributed by atoms with Crippen LogP contribution in [0.2, 0.25) is 5.02 Å². The van der Waals surface area contributed by atoms with Crippen molar-refractivity contribution in [1.29, 1.82) is 0 Å². The highest BCUT2D eigenvalue weighted by Crippen LogP contribution is 2.29. The summed E-state index contributed by atoms with van der Waals surface area (Å²) in [5, 5.41) is 12.7. The van der Waals surface area contributed by atoms with E-state index in [0.717, 1.165) is 5.56 Å². The average Bonchev–Trinajstić information content (AvgIpc) is 3.02. The van der Waals surface area contributed by atoms with Crippen molar-refractivity contribution in [3.63, 3.8) is 0 Å². The summed E-state index contributed by atoms with van der Waals surface area (Å²) < 4.78 is 46.5. The van der Waals surface area contributed by atoms with E-state index in [9.17, 15) is 18.0 Å². The quantitative estimate of drug-likeness (QED) is 0.585. The van der Waals surface area contributed by atoms with Gasteiger partial charge >= 0.3 is 12.1 Å². The van der Waals surface area contributed by atoms with Crippen molar-refractivity contribution in [2.75, 3.05) is 11.9 Å². The van der Waals surface area contributed by atoms with E-state index in [1.54, 1.807) is 24.3 Å². The van der Waals surface area contributed by atoms with Gasteiger partial charge in [0.25, 0.3) is 0 Å². The third-order valence-corrected chi connectivity index (χ3v) is 3.91. The van der Waals surface area contributed by atoms with Crippen molar-refractivity contribution in [2.24, 2.45) is 0 Å². The van der Waals surface area contributed by atoms with Crippen molar-refractivity contribution >= 4 is 34.2 Å². The Balaban J connectivity index is 1.66. The second-order valence-electron chi connectivity index (χ2n) is 5.69. The van der Waals surface area contributed by atoms with Crippen LogP contribution >= 0.6 is 11.6 Å². The maximum absolute atomic E-state index is 12.2. The van der Waals surface area contributed by atoms with E-state index in [4.69, 9.17) is 21.1 Å². The minimum absolute atomic E-state index is 0.0526. The van der Waals surface area contributed by atoms with Gasteiger partial charge < -0.3 is 19.6 Å². The molecule has 0 atom stereocenters. The molecule has 0 bridgehead atoms. The Morgan fingerprint density at radius 1 is 1.19 bits per heavy atom. The molecular weight excluding hydrogens is 387 g/mol. The number of nitrogens with one attached hydrogen (secondary N) is 1. The number of anilines is 1. The molecule has 1 heterocycles. The number of carboxylic acid groups (broad SMARTS) is 1. The van der Waals surface area contributed by atoms with E-state index >= 15 is 0 Å². The molecule has 3 rings (SSSR count). The van der Waals surface area contributed by atoms with Crippen molar-refractivity contribution in [3.05, 3.63) is 58.8 Å². The molecule has 0 saturated carbocycles. The molecule has 1 aromatic heterocycles. The number of fused-ring (bicyclic) bond motifs is 1. The van der Waals surface area contributed by atoms with Crippen LogP contribution < -0.4 is 10.1 Å². The number of carbonyl (C=O) groups is 1. The first-order chi connectivity index (χ1) is 12.7. The molecule has 5 nitrogen and oxygen atoms in total. The Morgan fingerprint density at radius 2 is 1.96 bits per heavy atom. The first-order valence-corrected chi connectivity index (χ1v) is 8.08. The summed E-state index contributed by atoms with van der Waals surface area (Å²) in [7, 11) is 0. The number of ether oxygens (including phenoxy) is 1. The first-order valence-electron chi connectivity index (χ1n) is 7.70. The number of carboxylic acids is 1. The van der Waals surface area contributed by atoms with E-state index in [2.05, 4.69) is 10.1 Å². The SMILES string of the molecule is O=C(O)c1cc2ccc(CNc3ccc(OCC(F)(F)F)c(Cl)c3)cc2o1. The molecule has 2 aromatic carbocycles. The molecule has 0 fully saturated rings. The molecule has 3 aromatic rings. The van der Waals surface area contributed by atoms with Crippen LogP contribution in [-0.4, -0.2) is 23.9 Å². The van der Waals surface area contributed by atoms with Gasteiger partial charge in [0.2, 0.25) is 5.76 Å². The van der Waals surface area contributed by atoms with E-state index in [0.29, 0.717) is 23.2 Å². The van der Waals surface area contributed by atoms with Gasteiger partial charge in [-0.1, -0.05) is 23.7 Å². The summed E-state index contributed by atoms with van der Waals surface area (Å²) >= 11 is 5.95. The second-order valence-corrected chi connectivity index (χ2v) is 6.10. The Kier molecular flexibility index (Phi) is 5.18. The Hall–Kier alpha value is -2.87. The molecule has 27 heavy (non-hydrogen) atoms. The van der Waals surface area contributed by atoms with Crippen molar-refractivity contribution in [2.45, 2.75) is 12.7 Å². The number of alkyl halides is 3. The van der Waals surface area contributed by atoms with Crippen LogP contribution in [0.3, 0.4) is 0 Å². The minimum Gasteiger partial charge on any atom is -0.483 e. The average molecular weight is 400 g/mol. The lowest BCUT2D eigenvalue weighted by Gasteiger charge is -2.12. The fourth-order valence-electron chi connectivity index (χ4n) is 2.38. The first kappa shape index (κ1) is 18.9. The van der Waals surface area contributed by atoms with E-state index < -0.39 is 18.8 Å². The molecule has 9 heteroatoms. The Bertz CT molecular complexity index is 984. The fraction of sp³-hybridized carbons (Fsp3) is 0.167. The predicted octanol–water partition coefficient (Wildman–Crippen LogP) is 5.34. The van der Waals surface area contributed by atoms with Crippen LogP contribution in [0.25, 0.3) is 11.0 Å². The van der Waals surface area contributed by atoms with Gasteiger partial charge in [0.1, 0.15) is 11.3 Å². The molecule has 0 saturated heterocycles. The van der Waals surface area contributed by atoms with Crippen LogP contribution in [0.1, 0.15) is 16.1 Å². The van der Waals surface area contributed by atoms with E-state index in [1.165, 1.54) is 18.2 Å². The molecule has 0 amide bonds. The second kappa shape index (κ2) is 7.40. The number of furan rings is 1.